The Balaban J connectivity index is 5.16. The summed E-state index contributed by atoms with van der Waals surface area (Å²) in [5, 5.41) is 0. The van der Waals surface area contributed by atoms with Crippen LogP contribution in [0.1, 0.15) is 0 Å². The van der Waals surface area contributed by atoms with Crippen LogP contribution in [0.25, 0.3) is 0 Å². The van der Waals surface area contributed by atoms with Gasteiger partial charge in [0.1, 0.15) is 0 Å². The number of carbonyl (C=O) groups is 1. The van der Waals surface area contributed by atoms with E-state index >= 15 is 0 Å². The summed E-state index contributed by atoms with van der Waals surface area (Å²) in [6.45, 7) is 3.54. The Labute approximate surface area is 91.2 Å². The minimum absolute atomic E-state index is 0.391. The third-order valence-corrected chi connectivity index (χ3v) is 2.01. The van der Waals surface area contributed by atoms with Gasteiger partial charge in [0.25, 0.3) is 0 Å². The number of methoxy groups -OCH3 is 2. The van der Waals surface area contributed by atoms with Crippen molar-refractivity contribution in [3.8, 4) is 0 Å². The molecule has 0 spiro atoms. The van der Waals surface area contributed by atoms with Crippen LogP contribution >= 0.6 is 22.6 Å². The average molecular weight is 294 g/mol. The van der Waals surface area contributed by atoms with Gasteiger partial charge in [-0.1, -0.05) is 29.2 Å². The molecule has 0 saturated heterocycles. The highest BCUT2D eigenvalue weighted by molar-refractivity contribution is 14.1. The molecule has 0 N–H and O–H groups in total. The van der Waals surface area contributed by atoms with E-state index in [9.17, 15) is 4.79 Å². The number of hydrogen-bond acceptors (Lipinski definition) is 3. The third kappa shape index (κ3) is 3.22. The van der Waals surface area contributed by atoms with Crippen molar-refractivity contribution in [3.63, 3.8) is 0 Å². The molecule has 0 aliphatic carbocycles. The van der Waals surface area contributed by atoms with Gasteiger partial charge in [-0.2, -0.15) is 0 Å². The molecular formula is C9H11IO3. The molecule has 72 valence electrons. The summed E-state index contributed by atoms with van der Waals surface area (Å²) in [6.07, 6.45) is 2.19. The first-order chi connectivity index (χ1) is 6.24. The van der Waals surface area contributed by atoms with E-state index in [1.165, 1.54) is 20.3 Å². The van der Waals surface area contributed by atoms with E-state index < -0.39 is 0 Å². The van der Waals surface area contributed by atoms with Crippen LogP contribution in [0.2, 0.25) is 0 Å². The topological polar surface area (TPSA) is 35.5 Å². The summed E-state index contributed by atoms with van der Waals surface area (Å²) in [7, 11) is 2.97. The van der Waals surface area contributed by atoms with Gasteiger partial charge in [0.2, 0.25) is 0 Å². The minimum Gasteiger partial charge on any atom is -0.493 e. The summed E-state index contributed by atoms with van der Waals surface area (Å²) in [6, 6.07) is 0. The predicted octanol–water partition coefficient (Wildman–Crippen LogP) is 2.19. The highest BCUT2D eigenvalue weighted by atomic mass is 127. The molecule has 0 radical (unpaired) electrons. The Kier molecular flexibility index (Phi) is 6.30. The number of aldehydes is 1. The molecule has 0 unspecified atom stereocenters. The lowest BCUT2D eigenvalue weighted by Crippen LogP contribution is -1.99. The molecule has 13 heavy (non-hydrogen) atoms. The predicted molar refractivity (Wildman–Crippen MR) is 59.4 cm³/mol. The maximum Gasteiger partial charge on any atom is 0.171 e. The summed E-state index contributed by atoms with van der Waals surface area (Å²) >= 11 is 1.96. The Morgan fingerprint density at radius 2 is 2.00 bits per heavy atom. The third-order valence-electron chi connectivity index (χ3n) is 1.34. The van der Waals surface area contributed by atoms with Crippen LogP contribution in [0.3, 0.4) is 0 Å². The maximum absolute atomic E-state index is 10.6. The quantitative estimate of drug-likeness (QED) is 0.256. The molecule has 0 atom stereocenters. The van der Waals surface area contributed by atoms with E-state index in [4.69, 9.17) is 9.47 Å². The Morgan fingerprint density at radius 1 is 1.38 bits per heavy atom. The molecule has 4 heteroatoms. The van der Waals surface area contributed by atoms with Crippen LogP contribution in [0.5, 0.6) is 0 Å². The van der Waals surface area contributed by atoms with Gasteiger partial charge in [-0.15, -0.1) is 0 Å². The van der Waals surface area contributed by atoms with Crippen LogP contribution in [0, 0.1) is 0 Å². The van der Waals surface area contributed by atoms with Crippen LogP contribution in [0.4, 0.5) is 0 Å². The highest BCUT2D eigenvalue weighted by Crippen LogP contribution is 2.16. The van der Waals surface area contributed by atoms with Crippen LogP contribution in [0.15, 0.2) is 33.8 Å². The lowest BCUT2D eigenvalue weighted by Gasteiger charge is -2.08. The molecule has 0 aromatic rings. The first kappa shape index (κ1) is 12.2. The zero-order valence-electron chi connectivity index (χ0n) is 7.54. The summed E-state index contributed by atoms with van der Waals surface area (Å²) < 4.78 is 11.6. The van der Waals surface area contributed by atoms with E-state index in [1.807, 2.05) is 22.6 Å². The van der Waals surface area contributed by atoms with E-state index in [1.54, 1.807) is 4.08 Å². The van der Waals surface area contributed by atoms with Gasteiger partial charge in [-0.05, 0) is 10.2 Å². The second kappa shape index (κ2) is 6.71. The van der Waals surface area contributed by atoms with Crippen LogP contribution in [-0.2, 0) is 14.3 Å². The lowest BCUT2D eigenvalue weighted by atomic mass is 10.2. The Morgan fingerprint density at radius 3 is 2.23 bits per heavy atom. The molecule has 0 aromatic heterocycles. The Hall–Kier alpha value is -0.780. The fourth-order valence-corrected chi connectivity index (χ4v) is 1.19. The fraction of sp³-hybridized carbons (Fsp3) is 0.222. The number of carbonyl (C=O) groups excluding carboxylic acids is 1. The van der Waals surface area contributed by atoms with Crippen molar-refractivity contribution >= 4 is 28.9 Å². The molecule has 0 heterocycles. The van der Waals surface area contributed by atoms with E-state index in [0.29, 0.717) is 23.4 Å². The van der Waals surface area contributed by atoms with Crippen molar-refractivity contribution in [2.45, 2.75) is 0 Å². The summed E-state index contributed by atoms with van der Waals surface area (Å²) in [5.74, 6) is 0.833. The molecule has 0 aromatic carbocycles. The molecule has 0 aliphatic heterocycles. The zero-order chi connectivity index (χ0) is 10.3. The molecule has 0 rings (SSSR count). The van der Waals surface area contributed by atoms with Crippen molar-refractivity contribution < 1.29 is 14.3 Å². The van der Waals surface area contributed by atoms with Crippen molar-refractivity contribution in [1.82, 2.24) is 0 Å². The van der Waals surface area contributed by atoms with E-state index in [2.05, 4.69) is 6.58 Å². The maximum atomic E-state index is 10.6. The number of allylic oxidation sites excluding steroid dienone is 2. The van der Waals surface area contributed by atoms with Gasteiger partial charge in [-0.3, -0.25) is 4.79 Å². The van der Waals surface area contributed by atoms with Gasteiger partial charge in [0, 0.05) is 0 Å². The van der Waals surface area contributed by atoms with Gasteiger partial charge < -0.3 is 9.47 Å². The highest BCUT2D eigenvalue weighted by Gasteiger charge is 2.09. The minimum atomic E-state index is 0.391. The molecule has 0 saturated carbocycles. The number of hydrogen-bond donors (Lipinski definition) is 0. The zero-order valence-corrected chi connectivity index (χ0v) is 9.70. The fourth-order valence-electron chi connectivity index (χ4n) is 0.758. The van der Waals surface area contributed by atoms with E-state index in [-0.39, 0.29) is 0 Å². The van der Waals surface area contributed by atoms with Gasteiger partial charge in [0.05, 0.1) is 19.8 Å². The number of halogens is 1. The first-order valence-electron chi connectivity index (χ1n) is 3.45. The smallest absolute Gasteiger partial charge is 0.171 e. The van der Waals surface area contributed by atoms with Crippen LogP contribution in [-0.4, -0.2) is 20.5 Å². The molecule has 0 bridgehead atoms. The van der Waals surface area contributed by atoms with E-state index in [0.717, 1.165) is 0 Å². The molecule has 0 amide bonds. The second-order valence-electron chi connectivity index (χ2n) is 1.99. The van der Waals surface area contributed by atoms with Crippen molar-refractivity contribution in [2.75, 3.05) is 14.2 Å². The average Bonchev–Trinajstić information content (AvgIpc) is 2.18. The normalized spacial score (nSPS) is 13.0. The molecule has 0 fully saturated rings. The van der Waals surface area contributed by atoms with Crippen LogP contribution < -0.4 is 0 Å². The first-order valence-corrected chi connectivity index (χ1v) is 4.70. The molecular weight excluding hydrogens is 283 g/mol. The second-order valence-corrected chi connectivity index (χ2v) is 2.61. The number of ether oxygens (including phenoxy) is 2. The van der Waals surface area contributed by atoms with Crippen molar-refractivity contribution in [3.05, 3.63) is 33.8 Å². The van der Waals surface area contributed by atoms with Crippen molar-refractivity contribution in [1.29, 1.82) is 0 Å². The molecule has 0 aliphatic rings. The Bertz CT molecular complexity index is 254. The van der Waals surface area contributed by atoms with Gasteiger partial charge >= 0.3 is 0 Å². The summed E-state index contributed by atoms with van der Waals surface area (Å²) in [4.78, 5) is 10.6. The van der Waals surface area contributed by atoms with Gasteiger partial charge in [-0.25, -0.2) is 0 Å². The standard InChI is InChI=1S/C9H11IO3/c1-4-8(12-2)9(13-3)7(5-10)6-11/h4-6H,1H2,2-3H3/b7-5?,9-8-. The summed E-state index contributed by atoms with van der Waals surface area (Å²) in [5.41, 5.74) is 0.430. The van der Waals surface area contributed by atoms with Crippen molar-refractivity contribution in [2.24, 2.45) is 0 Å². The largest absolute Gasteiger partial charge is 0.493 e. The SMILES string of the molecule is C=C/C(OC)=C(/OC)C(C=O)=CI. The lowest BCUT2D eigenvalue weighted by molar-refractivity contribution is -0.105. The molecule has 3 nitrogen and oxygen atoms in total. The van der Waals surface area contributed by atoms with Gasteiger partial charge in [0.15, 0.2) is 17.8 Å². The number of rotatable bonds is 5. The monoisotopic (exact) mass is 294 g/mol.